The summed E-state index contributed by atoms with van der Waals surface area (Å²) in [6.07, 6.45) is 1.99. The maximum Gasteiger partial charge on any atom is 0.259 e. The van der Waals surface area contributed by atoms with Gasteiger partial charge in [0.05, 0.1) is 23.3 Å². The number of halogens is 2. The molecule has 3 aromatic rings. The molecular formula is C16H12Cl2N2O2S. The minimum Gasteiger partial charge on any atom is -0.496 e. The minimum absolute atomic E-state index is 0.350. The second-order valence-corrected chi connectivity index (χ2v) is 6.34. The number of thioether (sulfide) groups is 1. The Labute approximate surface area is 147 Å². The quantitative estimate of drug-likeness (QED) is 0.575. The van der Waals surface area contributed by atoms with Crippen LogP contribution in [0.4, 0.5) is 0 Å². The van der Waals surface area contributed by atoms with Gasteiger partial charge in [-0.3, -0.25) is 0 Å². The molecule has 0 saturated heterocycles. The monoisotopic (exact) mass is 366 g/mol. The Kier molecular flexibility index (Phi) is 4.80. The minimum atomic E-state index is 0.350. The van der Waals surface area contributed by atoms with Crippen LogP contribution in [0, 0.1) is 0 Å². The fourth-order valence-corrected chi connectivity index (χ4v) is 2.90. The van der Waals surface area contributed by atoms with E-state index in [1.165, 1.54) is 0 Å². The summed E-state index contributed by atoms with van der Waals surface area (Å²) < 4.78 is 10.7. The van der Waals surface area contributed by atoms with Crippen LogP contribution in [-0.2, 0) is 0 Å². The van der Waals surface area contributed by atoms with Gasteiger partial charge in [0.2, 0.25) is 5.82 Å². The van der Waals surface area contributed by atoms with E-state index in [2.05, 4.69) is 10.1 Å². The van der Waals surface area contributed by atoms with Crippen molar-refractivity contribution in [3.63, 3.8) is 0 Å². The fourth-order valence-electron chi connectivity index (χ4n) is 2.09. The molecule has 0 fully saturated rings. The number of aromatic nitrogens is 2. The molecule has 0 N–H and O–H groups in total. The molecule has 1 heterocycles. The Morgan fingerprint density at radius 3 is 2.65 bits per heavy atom. The molecule has 3 rings (SSSR count). The van der Waals surface area contributed by atoms with Gasteiger partial charge in [-0.25, -0.2) is 0 Å². The van der Waals surface area contributed by atoms with Crippen molar-refractivity contribution < 1.29 is 9.26 Å². The summed E-state index contributed by atoms with van der Waals surface area (Å²) >= 11 is 13.9. The highest BCUT2D eigenvalue weighted by Crippen LogP contribution is 2.34. The SMILES string of the molecule is COc1ccc(Cl)cc1-c1noc(-c2cc(SC)ccc2Cl)n1. The molecule has 2 aromatic carbocycles. The average molecular weight is 367 g/mol. The van der Waals surface area contributed by atoms with Crippen LogP contribution in [0.15, 0.2) is 45.8 Å². The summed E-state index contributed by atoms with van der Waals surface area (Å²) in [7, 11) is 1.58. The van der Waals surface area contributed by atoms with E-state index in [0.29, 0.717) is 38.6 Å². The van der Waals surface area contributed by atoms with Crippen molar-refractivity contribution in [3.8, 4) is 28.6 Å². The average Bonchev–Trinajstić information content (AvgIpc) is 3.05. The summed E-state index contributed by atoms with van der Waals surface area (Å²) in [6.45, 7) is 0. The molecule has 0 bridgehead atoms. The van der Waals surface area contributed by atoms with Crippen molar-refractivity contribution in [3.05, 3.63) is 46.4 Å². The summed E-state index contributed by atoms with van der Waals surface area (Å²) in [5.41, 5.74) is 1.35. The highest BCUT2D eigenvalue weighted by Gasteiger charge is 2.17. The van der Waals surface area contributed by atoms with E-state index in [9.17, 15) is 0 Å². The van der Waals surface area contributed by atoms with Crippen LogP contribution in [0.25, 0.3) is 22.8 Å². The van der Waals surface area contributed by atoms with Gasteiger partial charge in [0.15, 0.2) is 0 Å². The number of ether oxygens (including phenoxy) is 1. The molecule has 0 aliphatic carbocycles. The van der Waals surface area contributed by atoms with Crippen LogP contribution >= 0.6 is 35.0 Å². The van der Waals surface area contributed by atoms with Crippen LogP contribution in [0.2, 0.25) is 10.0 Å². The van der Waals surface area contributed by atoms with Crippen LogP contribution in [0.1, 0.15) is 0 Å². The summed E-state index contributed by atoms with van der Waals surface area (Å²) in [5.74, 6) is 1.36. The summed E-state index contributed by atoms with van der Waals surface area (Å²) in [6, 6.07) is 10.9. The first kappa shape index (κ1) is 16.2. The lowest BCUT2D eigenvalue weighted by Gasteiger charge is -2.04. The van der Waals surface area contributed by atoms with Crippen LogP contribution in [0.3, 0.4) is 0 Å². The predicted octanol–water partition coefficient (Wildman–Crippen LogP) is 5.44. The number of rotatable bonds is 4. The molecular weight excluding hydrogens is 355 g/mol. The van der Waals surface area contributed by atoms with Crippen molar-refractivity contribution >= 4 is 35.0 Å². The molecule has 0 aliphatic heterocycles. The lowest BCUT2D eigenvalue weighted by atomic mass is 10.2. The molecule has 0 aliphatic rings. The van der Waals surface area contributed by atoms with Crippen LogP contribution in [0.5, 0.6) is 5.75 Å². The number of hydrogen-bond acceptors (Lipinski definition) is 5. The largest absolute Gasteiger partial charge is 0.496 e. The number of benzene rings is 2. The van der Waals surface area contributed by atoms with Gasteiger partial charge in [0, 0.05) is 9.92 Å². The zero-order valence-corrected chi connectivity index (χ0v) is 14.7. The lowest BCUT2D eigenvalue weighted by molar-refractivity contribution is 0.413. The second-order valence-electron chi connectivity index (χ2n) is 4.61. The third kappa shape index (κ3) is 3.32. The van der Waals surface area contributed by atoms with Gasteiger partial charge >= 0.3 is 0 Å². The first-order valence-electron chi connectivity index (χ1n) is 6.64. The van der Waals surface area contributed by atoms with E-state index in [0.717, 1.165) is 4.90 Å². The first-order valence-corrected chi connectivity index (χ1v) is 8.62. The van der Waals surface area contributed by atoms with Gasteiger partial charge in [-0.2, -0.15) is 4.98 Å². The van der Waals surface area contributed by atoms with Crippen molar-refractivity contribution in [1.29, 1.82) is 0 Å². The Balaban J connectivity index is 2.06. The first-order chi connectivity index (χ1) is 11.1. The zero-order valence-electron chi connectivity index (χ0n) is 12.3. The van der Waals surface area contributed by atoms with E-state index in [4.69, 9.17) is 32.5 Å². The van der Waals surface area contributed by atoms with E-state index in [1.54, 1.807) is 37.1 Å². The zero-order chi connectivity index (χ0) is 16.4. The molecule has 4 nitrogen and oxygen atoms in total. The van der Waals surface area contributed by atoms with Gasteiger partial charge in [-0.1, -0.05) is 28.4 Å². The number of nitrogens with zero attached hydrogens (tertiary/aromatic N) is 2. The van der Waals surface area contributed by atoms with E-state index in [-0.39, 0.29) is 0 Å². The van der Waals surface area contributed by atoms with Crippen molar-refractivity contribution in [2.45, 2.75) is 4.90 Å². The van der Waals surface area contributed by atoms with Gasteiger partial charge in [-0.15, -0.1) is 11.8 Å². The van der Waals surface area contributed by atoms with Crippen LogP contribution < -0.4 is 4.74 Å². The Morgan fingerprint density at radius 1 is 1.09 bits per heavy atom. The maximum absolute atomic E-state index is 6.24. The molecule has 23 heavy (non-hydrogen) atoms. The summed E-state index contributed by atoms with van der Waals surface area (Å²) in [4.78, 5) is 5.49. The van der Waals surface area contributed by atoms with Crippen LogP contribution in [-0.4, -0.2) is 23.5 Å². The van der Waals surface area contributed by atoms with Crippen molar-refractivity contribution in [1.82, 2.24) is 10.1 Å². The highest BCUT2D eigenvalue weighted by molar-refractivity contribution is 7.98. The molecule has 1 aromatic heterocycles. The molecule has 7 heteroatoms. The summed E-state index contributed by atoms with van der Waals surface area (Å²) in [5, 5.41) is 5.14. The Bertz CT molecular complexity index is 852. The third-order valence-corrected chi connectivity index (χ3v) is 4.52. The smallest absolute Gasteiger partial charge is 0.259 e. The van der Waals surface area contributed by atoms with Crippen molar-refractivity contribution in [2.75, 3.05) is 13.4 Å². The van der Waals surface area contributed by atoms with Gasteiger partial charge in [-0.05, 0) is 42.7 Å². The van der Waals surface area contributed by atoms with Gasteiger partial charge < -0.3 is 9.26 Å². The van der Waals surface area contributed by atoms with Gasteiger partial charge in [0.1, 0.15) is 5.75 Å². The molecule has 0 atom stereocenters. The predicted molar refractivity (Wildman–Crippen MR) is 93.5 cm³/mol. The van der Waals surface area contributed by atoms with Crippen molar-refractivity contribution in [2.24, 2.45) is 0 Å². The van der Waals surface area contributed by atoms with E-state index >= 15 is 0 Å². The molecule has 0 saturated carbocycles. The van der Waals surface area contributed by atoms with E-state index in [1.807, 2.05) is 24.5 Å². The topological polar surface area (TPSA) is 48.2 Å². The molecule has 0 amide bonds. The maximum atomic E-state index is 6.24. The standard InChI is InChI=1S/C16H12Cl2N2O2S/c1-21-14-6-3-9(17)7-12(14)15-19-16(22-20-15)11-8-10(23-2)4-5-13(11)18/h3-8H,1-2H3. The number of hydrogen-bond donors (Lipinski definition) is 0. The lowest BCUT2D eigenvalue weighted by Crippen LogP contribution is -1.89. The molecule has 118 valence electrons. The third-order valence-electron chi connectivity index (χ3n) is 3.23. The Hall–Kier alpha value is -1.69. The van der Waals surface area contributed by atoms with E-state index < -0.39 is 0 Å². The fraction of sp³-hybridized carbons (Fsp3) is 0.125. The molecule has 0 radical (unpaired) electrons. The highest BCUT2D eigenvalue weighted by atomic mass is 35.5. The normalized spacial score (nSPS) is 10.8. The molecule has 0 spiro atoms. The Morgan fingerprint density at radius 2 is 1.91 bits per heavy atom. The molecule has 0 unspecified atom stereocenters. The van der Waals surface area contributed by atoms with Gasteiger partial charge in [0.25, 0.3) is 5.89 Å². The second kappa shape index (κ2) is 6.83. The number of methoxy groups -OCH3 is 1.